The molecular weight excluding hydrogens is 989 g/mol. The number of likely N-dealkylation sites (tertiary alicyclic amines) is 2. The summed E-state index contributed by atoms with van der Waals surface area (Å²) in [6.07, 6.45) is 6.49. The zero-order valence-electron chi connectivity index (χ0n) is 41.0. The fraction of sp³-hybridized carbons (Fsp3) is 0.472. The van der Waals surface area contributed by atoms with Crippen LogP contribution < -0.4 is 30.7 Å². The molecular formula is C53H57ClF5N9O6. The van der Waals surface area contributed by atoms with Crippen LogP contribution in [0.25, 0.3) is 22.0 Å². The van der Waals surface area contributed by atoms with E-state index in [-0.39, 0.29) is 88.5 Å². The molecule has 2 atom stereocenters. The molecule has 21 heteroatoms. The number of imide groups is 1. The highest BCUT2D eigenvalue weighted by molar-refractivity contribution is 6.34. The normalized spacial score (nSPS) is 23.0. The predicted octanol–water partition coefficient (Wildman–Crippen LogP) is 8.15. The number of urea groups is 1. The highest BCUT2D eigenvalue weighted by Gasteiger charge is 2.50. The summed E-state index contributed by atoms with van der Waals surface area (Å²) in [6, 6.07) is 11.3. The van der Waals surface area contributed by atoms with E-state index in [1.54, 1.807) is 7.05 Å². The fourth-order valence-electron chi connectivity index (χ4n) is 12.2. The number of nitrogens with two attached hydrogens (primary N) is 1. The molecule has 392 valence electrons. The second kappa shape index (κ2) is 20.7. The summed E-state index contributed by atoms with van der Waals surface area (Å²) < 4.78 is 90.7. The molecule has 15 nitrogen and oxygen atoms in total. The third-order valence-electron chi connectivity index (χ3n) is 16.0. The highest BCUT2D eigenvalue weighted by Crippen LogP contribution is 2.56. The summed E-state index contributed by atoms with van der Waals surface area (Å²) in [5.41, 5.74) is 4.78. The van der Waals surface area contributed by atoms with Crippen LogP contribution in [0.15, 0.2) is 48.7 Å². The molecule has 6 heterocycles. The molecule has 4 fully saturated rings. The van der Waals surface area contributed by atoms with Crippen LogP contribution in [0.5, 0.6) is 11.6 Å². The van der Waals surface area contributed by atoms with Gasteiger partial charge in [-0.3, -0.25) is 29.3 Å². The lowest BCUT2D eigenvalue weighted by molar-refractivity contribution is -0.138. The Hall–Kier alpha value is -6.38. The van der Waals surface area contributed by atoms with Gasteiger partial charge in [0.05, 0.1) is 16.0 Å². The summed E-state index contributed by atoms with van der Waals surface area (Å²) >= 11 is 6.67. The number of fused-ring (bicyclic) bond motifs is 2. The van der Waals surface area contributed by atoms with E-state index in [2.05, 4.69) is 25.6 Å². The van der Waals surface area contributed by atoms with Crippen LogP contribution >= 0.6 is 11.6 Å². The molecule has 0 bridgehead atoms. The van der Waals surface area contributed by atoms with E-state index in [4.69, 9.17) is 26.8 Å². The van der Waals surface area contributed by atoms with Crippen LogP contribution in [0.1, 0.15) is 104 Å². The largest absolute Gasteiger partial charge is 0.480 e. The van der Waals surface area contributed by atoms with E-state index in [0.717, 1.165) is 30.7 Å². The number of ether oxygens (including phenoxy) is 2. The first-order valence-electron chi connectivity index (χ1n) is 25.3. The number of rotatable bonds is 13. The van der Waals surface area contributed by atoms with E-state index in [1.807, 2.05) is 42.2 Å². The minimum atomic E-state index is -1.17. The number of hydrogen-bond acceptors (Lipinski definition) is 10. The van der Waals surface area contributed by atoms with Gasteiger partial charge in [0.25, 0.3) is 11.8 Å². The van der Waals surface area contributed by atoms with Gasteiger partial charge >= 0.3 is 6.03 Å². The van der Waals surface area contributed by atoms with E-state index in [9.17, 15) is 23.6 Å². The van der Waals surface area contributed by atoms with Crippen molar-refractivity contribution in [2.24, 2.45) is 18.7 Å². The Labute approximate surface area is 428 Å². The number of aryl methyl sites for hydroxylation is 1. The van der Waals surface area contributed by atoms with Gasteiger partial charge in [-0.25, -0.2) is 31.7 Å². The number of halogens is 6. The lowest BCUT2D eigenvalue weighted by Gasteiger charge is -2.43. The Balaban J connectivity index is 0.758. The lowest BCUT2D eigenvalue weighted by atomic mass is 9.77. The van der Waals surface area contributed by atoms with Gasteiger partial charge in [0.1, 0.15) is 36.2 Å². The number of benzene rings is 3. The number of carbonyl (C=O) groups is 4. The van der Waals surface area contributed by atoms with E-state index < -0.39 is 82.4 Å². The summed E-state index contributed by atoms with van der Waals surface area (Å²) in [5.74, 6) is -6.32. The number of nitrogens with one attached hydrogen (secondary N) is 2. The van der Waals surface area contributed by atoms with Crippen molar-refractivity contribution in [1.82, 2.24) is 35.2 Å². The number of piperidine rings is 2. The molecule has 4 aliphatic heterocycles. The number of carbonyl (C=O) groups excluding carboxylic acids is 4. The second-order valence-electron chi connectivity index (χ2n) is 20.1. The number of anilines is 1. The predicted molar refractivity (Wildman–Crippen MR) is 265 cm³/mol. The maximum absolute atomic E-state index is 16.4. The summed E-state index contributed by atoms with van der Waals surface area (Å²) in [4.78, 5) is 60.4. The molecule has 1 aliphatic carbocycles. The third-order valence-corrected chi connectivity index (χ3v) is 16.4. The number of amides is 5. The minimum Gasteiger partial charge on any atom is -0.480 e. The third kappa shape index (κ3) is 9.20. The molecule has 0 spiro atoms. The quantitative estimate of drug-likeness (QED) is 0.0976. The molecule has 10 rings (SSSR count). The van der Waals surface area contributed by atoms with Crippen molar-refractivity contribution in [3.05, 3.63) is 99.2 Å². The molecule has 3 aromatic carbocycles. The van der Waals surface area contributed by atoms with Gasteiger partial charge in [-0.05, 0) is 82.0 Å². The Morgan fingerprint density at radius 2 is 1.64 bits per heavy atom. The van der Waals surface area contributed by atoms with Crippen LogP contribution in [-0.4, -0.2) is 113 Å². The zero-order valence-corrected chi connectivity index (χ0v) is 41.8. The topological polar surface area (TPSA) is 177 Å². The molecule has 4 N–H and O–H groups in total. The monoisotopic (exact) mass is 1050 g/mol. The first-order valence-corrected chi connectivity index (χ1v) is 25.6. The molecule has 74 heavy (non-hydrogen) atoms. The molecule has 5 aromatic rings. The van der Waals surface area contributed by atoms with Crippen molar-refractivity contribution in [2.45, 2.75) is 94.2 Å². The average molecular weight is 1050 g/mol. The first-order chi connectivity index (χ1) is 35.6. The average Bonchev–Trinajstić information content (AvgIpc) is 3.88. The Bertz CT molecular complexity index is 3020. The summed E-state index contributed by atoms with van der Waals surface area (Å²) in [6.45, 7) is 3.24. The van der Waals surface area contributed by atoms with Gasteiger partial charge in [0.2, 0.25) is 11.8 Å². The van der Waals surface area contributed by atoms with Gasteiger partial charge in [0.15, 0.2) is 23.1 Å². The van der Waals surface area contributed by atoms with Crippen LogP contribution in [0, 0.1) is 29.2 Å². The number of hydrogen-bond donors (Lipinski definition) is 3. The van der Waals surface area contributed by atoms with Crippen LogP contribution in [0.2, 0.25) is 5.02 Å². The van der Waals surface area contributed by atoms with Gasteiger partial charge in [-0.15, -0.1) is 0 Å². The first kappa shape index (κ1) is 51.1. The molecule has 1 saturated carbocycles. The van der Waals surface area contributed by atoms with E-state index >= 15 is 17.6 Å². The SMILES string of the molecule is C[C@H]1c2c(cc(F)c(Cl)c2-c2c(C(N)=O)cnc(OCCF)c2F)O[C@]1(CNC1CCC(C(=O)N2CCC(N3CCC(c4c(F)cc5c(N6CCC(=O)NC6=O)nn(C)c5c4F)CC3)CC2)CC1)c1ccccc1. The fourth-order valence-corrected chi connectivity index (χ4v) is 12.4. The lowest BCUT2D eigenvalue weighted by Crippen LogP contribution is -2.51. The molecule has 2 aromatic heterocycles. The van der Waals surface area contributed by atoms with Crippen LogP contribution in [0.4, 0.5) is 32.6 Å². The molecule has 0 radical (unpaired) electrons. The molecule has 5 amide bonds. The number of pyridine rings is 1. The molecule has 0 unspecified atom stereocenters. The van der Waals surface area contributed by atoms with E-state index in [1.165, 1.54) is 15.6 Å². The number of aromatic nitrogens is 3. The molecule has 3 saturated heterocycles. The Kier molecular flexibility index (Phi) is 14.3. The minimum absolute atomic E-state index is 0.00299. The van der Waals surface area contributed by atoms with Gasteiger partial charge in [-0.2, -0.15) is 5.10 Å². The number of nitrogens with zero attached hydrogens (tertiary/aromatic N) is 6. The van der Waals surface area contributed by atoms with Gasteiger partial charge in [-0.1, -0.05) is 48.9 Å². The zero-order chi connectivity index (χ0) is 52.2. The maximum Gasteiger partial charge on any atom is 0.329 e. The highest BCUT2D eigenvalue weighted by atomic mass is 35.5. The van der Waals surface area contributed by atoms with Crippen molar-refractivity contribution in [1.29, 1.82) is 0 Å². The van der Waals surface area contributed by atoms with Crippen molar-refractivity contribution in [3.63, 3.8) is 0 Å². The van der Waals surface area contributed by atoms with Crippen LogP contribution in [0.3, 0.4) is 0 Å². The second-order valence-corrected chi connectivity index (χ2v) is 20.5. The Morgan fingerprint density at radius 1 is 0.919 bits per heavy atom. The van der Waals surface area contributed by atoms with E-state index in [0.29, 0.717) is 70.3 Å². The smallest absolute Gasteiger partial charge is 0.329 e. The number of alkyl halides is 1. The van der Waals surface area contributed by atoms with Crippen molar-refractivity contribution in [2.75, 3.05) is 57.4 Å². The van der Waals surface area contributed by atoms with Crippen molar-refractivity contribution < 1.29 is 50.6 Å². The van der Waals surface area contributed by atoms with Crippen molar-refractivity contribution >= 4 is 52.1 Å². The summed E-state index contributed by atoms with van der Waals surface area (Å²) in [5, 5.41) is 9.97. The van der Waals surface area contributed by atoms with Crippen LogP contribution in [-0.2, 0) is 22.2 Å². The molecule has 5 aliphatic rings. The standard InChI is InChI=1S/C53H57ClF5N9O6/c1-28-40-38(25-37(57)44(54)43(40)42-35(48(60)70)26-61-50(46(42)59)73-23-17-55)74-53(28,31-6-4-3-5-7-31)27-62-32-10-8-30(9-11-32)51(71)67-20-14-33(15-21-67)66-18-12-29(13-19-66)41-36(56)24-34-47(45(41)58)65(2)64-49(34)68-22-16-39(69)63-52(68)72/h3-7,24-26,28-30,32-33,62H,8-23,27H2,1-2H3,(H2,60,70)(H,63,69,72)/t28-,30?,32?,53-/m0/s1. The Morgan fingerprint density at radius 3 is 2.31 bits per heavy atom. The summed E-state index contributed by atoms with van der Waals surface area (Å²) in [7, 11) is 1.55. The van der Waals surface area contributed by atoms with Gasteiger partial charge in [0, 0.05) is 98.1 Å². The maximum atomic E-state index is 16.4. The van der Waals surface area contributed by atoms with Crippen molar-refractivity contribution in [3.8, 4) is 22.8 Å². The van der Waals surface area contributed by atoms with Gasteiger partial charge < -0.3 is 30.3 Å². The number of primary amides is 1.